The van der Waals surface area contributed by atoms with Gasteiger partial charge in [-0.05, 0) is 84.6 Å². The van der Waals surface area contributed by atoms with Crippen LogP contribution in [-0.4, -0.2) is 25.3 Å². The number of unbranched alkanes of at least 4 members (excludes halogenated alkanes) is 16. The zero-order valence-electron chi connectivity index (χ0n) is 30.4. The molecule has 1 amide bonds. The maximum atomic E-state index is 12.6. The van der Waals surface area contributed by atoms with E-state index in [2.05, 4.69) is 24.4 Å². The molecule has 0 saturated carbocycles. The summed E-state index contributed by atoms with van der Waals surface area (Å²) in [7, 11) is 0. The number of hydrogen-bond acceptors (Lipinski definition) is 5. The average Bonchev–Trinajstić information content (AvgIpc) is 3.13. The lowest BCUT2D eigenvalue weighted by Gasteiger charge is -2.09. The van der Waals surface area contributed by atoms with Crippen LogP contribution in [0.4, 0.5) is 0 Å². The maximum absolute atomic E-state index is 12.6. The fourth-order valence-electron chi connectivity index (χ4n) is 5.64. The second-order valence-corrected chi connectivity index (χ2v) is 13.1. The lowest BCUT2D eigenvalue weighted by atomic mass is 10.1. The van der Waals surface area contributed by atoms with Crippen LogP contribution >= 0.6 is 0 Å². The van der Waals surface area contributed by atoms with Crippen LogP contribution in [0, 0.1) is 0 Å². The SMILES string of the molecule is CCCCCCCCCCCCOc1ccc(/C=N/NC(=O)c2ccc(OCc3ccc(OCCCCCCCCCC)cc3)cc2)cc1. The van der Waals surface area contributed by atoms with Gasteiger partial charge >= 0.3 is 0 Å². The van der Waals surface area contributed by atoms with Crippen LogP contribution in [0.15, 0.2) is 77.9 Å². The van der Waals surface area contributed by atoms with Crippen molar-refractivity contribution in [3.8, 4) is 17.2 Å². The minimum Gasteiger partial charge on any atom is -0.494 e. The molecular weight excluding hydrogens is 608 g/mol. The van der Waals surface area contributed by atoms with E-state index in [9.17, 15) is 4.79 Å². The molecule has 0 aliphatic carbocycles. The van der Waals surface area contributed by atoms with E-state index in [0.717, 1.165) is 48.7 Å². The second-order valence-electron chi connectivity index (χ2n) is 13.1. The molecule has 0 aromatic heterocycles. The van der Waals surface area contributed by atoms with Crippen molar-refractivity contribution < 1.29 is 19.0 Å². The molecule has 3 aromatic rings. The van der Waals surface area contributed by atoms with Gasteiger partial charge in [0.1, 0.15) is 23.9 Å². The van der Waals surface area contributed by atoms with Gasteiger partial charge in [-0.1, -0.05) is 129 Å². The number of benzene rings is 3. The van der Waals surface area contributed by atoms with E-state index in [4.69, 9.17) is 14.2 Å². The predicted octanol–water partition coefficient (Wildman–Crippen LogP) is 11.8. The highest BCUT2D eigenvalue weighted by Crippen LogP contribution is 2.18. The molecular formula is C43H62N2O4. The monoisotopic (exact) mass is 670 g/mol. The highest BCUT2D eigenvalue weighted by Gasteiger charge is 2.05. The number of amides is 1. The van der Waals surface area contributed by atoms with Crippen LogP contribution in [0.25, 0.3) is 0 Å². The Morgan fingerprint density at radius 2 is 0.939 bits per heavy atom. The van der Waals surface area contributed by atoms with Crippen molar-refractivity contribution in [3.05, 3.63) is 89.5 Å². The summed E-state index contributed by atoms with van der Waals surface area (Å²) in [6.07, 6.45) is 25.1. The van der Waals surface area contributed by atoms with Gasteiger partial charge in [0.25, 0.3) is 5.91 Å². The molecule has 0 aliphatic rings. The van der Waals surface area contributed by atoms with Crippen molar-refractivity contribution in [2.75, 3.05) is 13.2 Å². The molecule has 0 radical (unpaired) electrons. The first-order chi connectivity index (χ1) is 24.2. The summed E-state index contributed by atoms with van der Waals surface area (Å²) >= 11 is 0. The molecule has 0 spiro atoms. The molecule has 1 N–H and O–H groups in total. The van der Waals surface area contributed by atoms with E-state index >= 15 is 0 Å². The van der Waals surface area contributed by atoms with Crippen molar-refractivity contribution in [1.29, 1.82) is 0 Å². The predicted molar refractivity (Wildman–Crippen MR) is 204 cm³/mol. The van der Waals surface area contributed by atoms with Crippen LogP contribution in [0.3, 0.4) is 0 Å². The molecule has 268 valence electrons. The number of hydrazone groups is 1. The van der Waals surface area contributed by atoms with Crippen LogP contribution in [0.1, 0.15) is 151 Å². The topological polar surface area (TPSA) is 69.2 Å². The summed E-state index contributed by atoms with van der Waals surface area (Å²) in [6, 6.07) is 22.9. The van der Waals surface area contributed by atoms with E-state index in [0.29, 0.717) is 17.9 Å². The van der Waals surface area contributed by atoms with Crippen molar-refractivity contribution in [3.63, 3.8) is 0 Å². The molecule has 0 fully saturated rings. The Bertz CT molecular complexity index is 1270. The third-order valence-corrected chi connectivity index (χ3v) is 8.74. The first kappa shape index (κ1) is 39.6. The van der Waals surface area contributed by atoms with Gasteiger partial charge in [-0.15, -0.1) is 0 Å². The first-order valence-electron chi connectivity index (χ1n) is 19.2. The van der Waals surface area contributed by atoms with E-state index in [1.54, 1.807) is 30.5 Å². The van der Waals surface area contributed by atoms with Crippen LogP contribution in [0.5, 0.6) is 17.2 Å². The number of carbonyl (C=O) groups is 1. The number of nitrogens with one attached hydrogen (secondary N) is 1. The Morgan fingerprint density at radius 1 is 0.531 bits per heavy atom. The maximum Gasteiger partial charge on any atom is 0.271 e. The minimum atomic E-state index is -0.276. The summed E-state index contributed by atoms with van der Waals surface area (Å²) in [5.74, 6) is 2.17. The molecule has 6 heteroatoms. The Kier molecular flexibility index (Phi) is 21.1. The molecule has 0 heterocycles. The third kappa shape index (κ3) is 18.5. The molecule has 0 bridgehead atoms. The molecule has 0 saturated heterocycles. The van der Waals surface area contributed by atoms with Gasteiger partial charge in [-0.25, -0.2) is 5.43 Å². The molecule has 3 rings (SSSR count). The quantitative estimate of drug-likeness (QED) is 0.0474. The Labute approximate surface area is 297 Å². The molecule has 0 atom stereocenters. The number of hydrogen-bond donors (Lipinski definition) is 1. The summed E-state index contributed by atoms with van der Waals surface area (Å²) in [6.45, 7) is 6.47. The van der Waals surface area contributed by atoms with Gasteiger partial charge < -0.3 is 14.2 Å². The molecule has 6 nitrogen and oxygen atoms in total. The van der Waals surface area contributed by atoms with Crippen molar-refractivity contribution >= 4 is 12.1 Å². The Balaban J connectivity index is 1.24. The summed E-state index contributed by atoms with van der Waals surface area (Å²) in [5, 5.41) is 4.12. The number of carbonyl (C=O) groups excluding carboxylic acids is 1. The van der Waals surface area contributed by atoms with E-state index in [1.165, 1.54) is 103 Å². The lowest BCUT2D eigenvalue weighted by Crippen LogP contribution is -2.17. The average molecular weight is 671 g/mol. The van der Waals surface area contributed by atoms with E-state index in [1.807, 2.05) is 48.5 Å². The van der Waals surface area contributed by atoms with E-state index < -0.39 is 0 Å². The Hall–Kier alpha value is -3.80. The highest BCUT2D eigenvalue weighted by molar-refractivity contribution is 5.95. The van der Waals surface area contributed by atoms with Gasteiger partial charge in [0, 0.05) is 5.56 Å². The molecule has 3 aromatic carbocycles. The van der Waals surface area contributed by atoms with E-state index in [-0.39, 0.29) is 5.91 Å². The number of ether oxygens (including phenoxy) is 3. The zero-order valence-corrected chi connectivity index (χ0v) is 30.4. The van der Waals surface area contributed by atoms with Crippen molar-refractivity contribution in [2.24, 2.45) is 5.10 Å². The summed E-state index contributed by atoms with van der Waals surface area (Å²) in [4.78, 5) is 12.6. The van der Waals surface area contributed by atoms with Gasteiger partial charge in [0.15, 0.2) is 0 Å². The van der Waals surface area contributed by atoms with Crippen LogP contribution < -0.4 is 19.6 Å². The van der Waals surface area contributed by atoms with Crippen molar-refractivity contribution in [1.82, 2.24) is 5.43 Å². The van der Waals surface area contributed by atoms with Crippen molar-refractivity contribution in [2.45, 2.75) is 136 Å². The highest BCUT2D eigenvalue weighted by atomic mass is 16.5. The number of nitrogens with zero attached hydrogens (tertiary/aromatic N) is 1. The smallest absolute Gasteiger partial charge is 0.271 e. The van der Waals surface area contributed by atoms with Gasteiger partial charge in [0.05, 0.1) is 19.4 Å². The van der Waals surface area contributed by atoms with Gasteiger partial charge in [-0.2, -0.15) is 5.10 Å². The van der Waals surface area contributed by atoms with Crippen LogP contribution in [0.2, 0.25) is 0 Å². The first-order valence-corrected chi connectivity index (χ1v) is 19.2. The second kappa shape index (κ2) is 26.1. The van der Waals surface area contributed by atoms with Gasteiger partial charge in [0.2, 0.25) is 0 Å². The summed E-state index contributed by atoms with van der Waals surface area (Å²) in [5.41, 5.74) is 5.06. The minimum absolute atomic E-state index is 0.276. The molecule has 0 aliphatic heterocycles. The normalized spacial score (nSPS) is 11.1. The summed E-state index contributed by atoms with van der Waals surface area (Å²) < 4.78 is 17.7. The van der Waals surface area contributed by atoms with Gasteiger partial charge in [-0.3, -0.25) is 4.79 Å². The number of rotatable bonds is 28. The molecule has 0 unspecified atom stereocenters. The molecule has 49 heavy (non-hydrogen) atoms. The fraction of sp³-hybridized carbons (Fsp3) is 0.535. The lowest BCUT2D eigenvalue weighted by molar-refractivity contribution is 0.0955. The fourth-order valence-corrected chi connectivity index (χ4v) is 5.64. The third-order valence-electron chi connectivity index (χ3n) is 8.74. The van der Waals surface area contributed by atoms with Crippen LogP contribution in [-0.2, 0) is 6.61 Å². The Morgan fingerprint density at radius 3 is 1.43 bits per heavy atom. The zero-order chi connectivity index (χ0) is 34.6. The largest absolute Gasteiger partial charge is 0.494 e. The standard InChI is InChI=1S/C43H62N2O4/c1-3-5-7-9-11-13-14-16-18-20-33-47-40-27-21-37(22-28-40)35-44-45-43(46)39-25-31-42(32-26-39)49-36-38-23-29-41(30-24-38)48-34-19-17-15-12-10-8-6-4-2/h21-32,35H,3-20,33-34,36H2,1-2H3,(H,45,46)/b44-35+.